The van der Waals surface area contributed by atoms with Crippen molar-refractivity contribution >= 4 is 21.8 Å². The molecule has 0 aliphatic heterocycles. The second-order valence-corrected chi connectivity index (χ2v) is 13.6. The van der Waals surface area contributed by atoms with E-state index in [1.165, 1.54) is 33.0 Å². The van der Waals surface area contributed by atoms with Crippen molar-refractivity contribution in [1.29, 1.82) is 0 Å². The zero-order valence-electron chi connectivity index (χ0n) is 29.9. The molecule has 4 nitrogen and oxygen atoms in total. The molecule has 2 aromatic heterocycles. The predicted molar refractivity (Wildman–Crippen MR) is 227 cm³/mol. The second-order valence-electron chi connectivity index (χ2n) is 13.6. The van der Waals surface area contributed by atoms with Crippen LogP contribution in [0.1, 0.15) is 0 Å². The van der Waals surface area contributed by atoms with Crippen LogP contribution in [-0.2, 0) is 0 Å². The highest BCUT2D eigenvalue weighted by molar-refractivity contribution is 6.20. The first kappa shape index (κ1) is 32.2. The number of rotatable bonds is 7. The molecular weight excluding hydrogens is 669 g/mol. The predicted octanol–water partition coefficient (Wildman–Crippen LogP) is 13.0. The molecule has 2 heterocycles. The second kappa shape index (κ2) is 13.8. The van der Waals surface area contributed by atoms with Crippen LogP contribution >= 0.6 is 0 Å². The van der Waals surface area contributed by atoms with Gasteiger partial charge in [-0.05, 0) is 63.7 Å². The fourth-order valence-corrected chi connectivity index (χ4v) is 7.70. The molecule has 0 bridgehead atoms. The van der Waals surface area contributed by atoms with E-state index in [9.17, 15) is 0 Å². The maximum atomic E-state index is 5.05. The molecule has 10 aromatic rings. The summed E-state index contributed by atoms with van der Waals surface area (Å²) in [6.07, 6.45) is 0. The summed E-state index contributed by atoms with van der Waals surface area (Å²) in [5, 5.41) is 2.41. The lowest BCUT2D eigenvalue weighted by atomic mass is 9.94. The maximum absolute atomic E-state index is 5.05. The van der Waals surface area contributed by atoms with Gasteiger partial charge in [-0.2, -0.15) is 0 Å². The molecule has 0 aliphatic rings. The van der Waals surface area contributed by atoms with Crippen molar-refractivity contribution in [3.63, 3.8) is 0 Å². The van der Waals surface area contributed by atoms with Gasteiger partial charge in [0.25, 0.3) is 0 Å². The van der Waals surface area contributed by atoms with Crippen LogP contribution in [0, 0.1) is 0 Å². The zero-order valence-corrected chi connectivity index (χ0v) is 29.9. The molecule has 4 heteroatoms. The Morgan fingerprint density at radius 3 is 1.24 bits per heavy atom. The molecule has 0 amide bonds. The van der Waals surface area contributed by atoms with Crippen LogP contribution in [0.3, 0.4) is 0 Å². The van der Waals surface area contributed by atoms with E-state index in [4.69, 9.17) is 15.0 Å². The largest absolute Gasteiger partial charge is 0.309 e. The van der Waals surface area contributed by atoms with Gasteiger partial charge in [-0.25, -0.2) is 15.0 Å². The minimum Gasteiger partial charge on any atom is -0.309 e. The standard InChI is InChI=1S/C51H34N4/c1-5-17-35(18-6-1)39-25-14-28-42(34-39)55-45-31-15-29-43(36-19-7-2-8-20-36)47(45)48-44(30-16-32-46(48)55)40-26-13-27-41(33-40)51-53-49(37-21-9-3-10-22-37)52-50(54-51)38-23-11-4-12-24-38/h1-34H. The summed E-state index contributed by atoms with van der Waals surface area (Å²) in [5.74, 6) is 1.92. The van der Waals surface area contributed by atoms with E-state index in [1.807, 2.05) is 60.7 Å². The van der Waals surface area contributed by atoms with Crippen molar-refractivity contribution in [2.24, 2.45) is 0 Å². The first-order valence-corrected chi connectivity index (χ1v) is 18.5. The zero-order chi connectivity index (χ0) is 36.6. The Morgan fingerprint density at radius 2 is 0.673 bits per heavy atom. The van der Waals surface area contributed by atoms with Gasteiger partial charge in [-0.15, -0.1) is 0 Å². The molecule has 0 radical (unpaired) electrons. The van der Waals surface area contributed by atoms with Crippen molar-refractivity contribution < 1.29 is 0 Å². The molecule has 0 spiro atoms. The third-order valence-electron chi connectivity index (χ3n) is 10.2. The lowest BCUT2D eigenvalue weighted by molar-refractivity contribution is 1.07. The first-order chi connectivity index (χ1) is 27.3. The lowest BCUT2D eigenvalue weighted by Crippen LogP contribution is -2.00. The van der Waals surface area contributed by atoms with Gasteiger partial charge in [-0.3, -0.25) is 0 Å². The Bertz CT molecular complexity index is 2900. The number of benzene rings is 8. The van der Waals surface area contributed by atoms with Crippen molar-refractivity contribution in [2.45, 2.75) is 0 Å². The van der Waals surface area contributed by atoms with Gasteiger partial charge in [0, 0.05) is 33.2 Å². The van der Waals surface area contributed by atoms with Crippen LogP contribution in [-0.4, -0.2) is 19.5 Å². The summed E-state index contributed by atoms with van der Waals surface area (Å²) in [4.78, 5) is 15.0. The van der Waals surface area contributed by atoms with Crippen LogP contribution in [0.4, 0.5) is 0 Å². The lowest BCUT2D eigenvalue weighted by Gasteiger charge is -2.12. The number of nitrogens with zero attached hydrogens (tertiary/aromatic N) is 4. The minimum atomic E-state index is 0.631. The van der Waals surface area contributed by atoms with E-state index in [-0.39, 0.29) is 0 Å². The van der Waals surface area contributed by atoms with Crippen molar-refractivity contribution in [3.05, 3.63) is 206 Å². The molecule has 0 atom stereocenters. The highest BCUT2D eigenvalue weighted by atomic mass is 15.0. The van der Waals surface area contributed by atoms with Gasteiger partial charge >= 0.3 is 0 Å². The molecule has 0 unspecified atom stereocenters. The Labute approximate surface area is 319 Å². The number of hydrogen-bond acceptors (Lipinski definition) is 3. The highest BCUT2D eigenvalue weighted by Gasteiger charge is 2.20. The molecule has 0 saturated carbocycles. The van der Waals surface area contributed by atoms with E-state index in [1.54, 1.807) is 0 Å². The average Bonchev–Trinajstić information content (AvgIpc) is 3.62. The van der Waals surface area contributed by atoms with Crippen LogP contribution in [0.15, 0.2) is 206 Å². The van der Waals surface area contributed by atoms with Crippen molar-refractivity contribution in [3.8, 4) is 73.2 Å². The van der Waals surface area contributed by atoms with Gasteiger partial charge in [0.1, 0.15) is 0 Å². The molecule has 55 heavy (non-hydrogen) atoms. The smallest absolute Gasteiger partial charge is 0.164 e. The molecule has 0 fully saturated rings. The average molecular weight is 703 g/mol. The van der Waals surface area contributed by atoms with Gasteiger partial charge in [0.05, 0.1) is 11.0 Å². The fraction of sp³-hybridized carbons (Fsp3) is 0. The number of aromatic nitrogens is 4. The van der Waals surface area contributed by atoms with Crippen molar-refractivity contribution in [2.75, 3.05) is 0 Å². The molecular formula is C51H34N4. The van der Waals surface area contributed by atoms with Crippen LogP contribution in [0.5, 0.6) is 0 Å². The van der Waals surface area contributed by atoms with E-state index >= 15 is 0 Å². The third kappa shape index (κ3) is 5.96. The maximum Gasteiger partial charge on any atom is 0.164 e. The molecule has 10 rings (SSSR count). The summed E-state index contributed by atoms with van der Waals surface area (Å²) >= 11 is 0. The van der Waals surface area contributed by atoms with Gasteiger partial charge < -0.3 is 4.57 Å². The van der Waals surface area contributed by atoms with E-state index in [0.717, 1.165) is 44.5 Å². The molecule has 0 N–H and O–H groups in total. The minimum absolute atomic E-state index is 0.631. The summed E-state index contributed by atoms with van der Waals surface area (Å²) in [6.45, 7) is 0. The van der Waals surface area contributed by atoms with E-state index in [2.05, 4.69) is 150 Å². The first-order valence-electron chi connectivity index (χ1n) is 18.5. The summed E-state index contributed by atoms with van der Waals surface area (Å²) in [7, 11) is 0. The normalized spacial score (nSPS) is 11.3. The van der Waals surface area contributed by atoms with Crippen molar-refractivity contribution in [1.82, 2.24) is 19.5 Å². The van der Waals surface area contributed by atoms with E-state index < -0.39 is 0 Å². The van der Waals surface area contributed by atoms with Crippen LogP contribution in [0.25, 0.3) is 95.0 Å². The quantitative estimate of drug-likeness (QED) is 0.166. The SMILES string of the molecule is c1ccc(-c2cccc(-n3c4cccc(-c5ccccc5)c4c4c(-c5cccc(-c6nc(-c7ccccc7)nc(-c7ccccc7)n6)c5)cccc43)c2)cc1. The topological polar surface area (TPSA) is 43.6 Å². The fourth-order valence-electron chi connectivity index (χ4n) is 7.70. The Hall–Kier alpha value is -7.43. The van der Waals surface area contributed by atoms with E-state index in [0.29, 0.717) is 17.5 Å². The van der Waals surface area contributed by atoms with Gasteiger partial charge in [0.15, 0.2) is 17.5 Å². The molecule has 258 valence electrons. The molecule has 8 aromatic carbocycles. The number of fused-ring (bicyclic) bond motifs is 3. The van der Waals surface area contributed by atoms with Gasteiger partial charge in [0.2, 0.25) is 0 Å². The summed E-state index contributed by atoms with van der Waals surface area (Å²) < 4.78 is 2.42. The van der Waals surface area contributed by atoms with Crippen LogP contribution in [0.2, 0.25) is 0 Å². The summed E-state index contributed by atoms with van der Waals surface area (Å²) in [5.41, 5.74) is 13.2. The number of hydrogen-bond donors (Lipinski definition) is 0. The third-order valence-corrected chi connectivity index (χ3v) is 10.2. The highest BCUT2D eigenvalue weighted by Crippen LogP contribution is 2.43. The van der Waals surface area contributed by atoms with Gasteiger partial charge in [-0.1, -0.05) is 176 Å². The monoisotopic (exact) mass is 702 g/mol. The Morgan fingerprint density at radius 1 is 0.273 bits per heavy atom. The Kier molecular flexibility index (Phi) is 8.12. The Balaban J connectivity index is 1.20. The summed E-state index contributed by atoms with van der Waals surface area (Å²) in [6, 6.07) is 72.3. The van der Waals surface area contributed by atoms with Crippen LogP contribution < -0.4 is 0 Å². The molecule has 0 aliphatic carbocycles. The molecule has 0 saturated heterocycles.